The van der Waals surface area contributed by atoms with E-state index in [1.807, 2.05) is 0 Å². The zero-order chi connectivity index (χ0) is 16.7. The molecule has 8 nitrogen and oxygen atoms in total. The molecule has 0 amide bonds. The first kappa shape index (κ1) is 15.6. The molecule has 2 heterocycles. The normalized spacial score (nSPS) is 11.1. The van der Waals surface area contributed by atoms with Crippen molar-refractivity contribution in [1.82, 2.24) is 19.1 Å². The van der Waals surface area contributed by atoms with Gasteiger partial charge in [0.2, 0.25) is 5.95 Å². The van der Waals surface area contributed by atoms with Crippen LogP contribution in [0.4, 0.5) is 5.95 Å². The number of nitrogens with zero attached hydrogens (tertiary/aromatic N) is 3. The van der Waals surface area contributed by atoms with Crippen LogP contribution in [0.2, 0.25) is 10.0 Å². The van der Waals surface area contributed by atoms with Crippen molar-refractivity contribution in [3.63, 3.8) is 0 Å². The van der Waals surface area contributed by atoms with Crippen LogP contribution >= 0.6 is 23.2 Å². The second-order valence-corrected chi connectivity index (χ2v) is 5.74. The van der Waals surface area contributed by atoms with E-state index >= 15 is 0 Å². The van der Waals surface area contributed by atoms with Gasteiger partial charge in [0.1, 0.15) is 0 Å². The van der Waals surface area contributed by atoms with Gasteiger partial charge in [-0.3, -0.25) is 24.3 Å². The monoisotopic (exact) mass is 354 g/mol. The molecule has 0 bridgehead atoms. The summed E-state index contributed by atoms with van der Waals surface area (Å²) in [4.78, 5) is 30.3. The lowest BCUT2D eigenvalue weighted by atomic mass is 10.2. The van der Waals surface area contributed by atoms with Gasteiger partial charge in [0.05, 0.1) is 6.54 Å². The van der Waals surface area contributed by atoms with Crippen molar-refractivity contribution in [2.75, 3.05) is 5.43 Å². The van der Waals surface area contributed by atoms with Crippen LogP contribution in [0.5, 0.6) is 0 Å². The van der Waals surface area contributed by atoms with E-state index in [0.29, 0.717) is 10.0 Å². The molecule has 2 aromatic heterocycles. The molecule has 10 heteroatoms. The second kappa shape index (κ2) is 5.73. The lowest BCUT2D eigenvalue weighted by Gasteiger charge is -2.10. The zero-order valence-electron chi connectivity index (χ0n) is 11.9. The summed E-state index contributed by atoms with van der Waals surface area (Å²) in [5, 5.41) is 0.954. The van der Waals surface area contributed by atoms with Crippen molar-refractivity contribution in [2.24, 2.45) is 12.9 Å². The van der Waals surface area contributed by atoms with Crippen molar-refractivity contribution in [3.8, 4) is 0 Å². The van der Waals surface area contributed by atoms with Crippen LogP contribution in [0.15, 0.2) is 27.8 Å². The number of fused-ring (bicyclic) bond motifs is 1. The van der Waals surface area contributed by atoms with E-state index in [-0.39, 0.29) is 23.7 Å². The fourth-order valence-electron chi connectivity index (χ4n) is 2.32. The van der Waals surface area contributed by atoms with Gasteiger partial charge in [-0.15, -0.1) is 0 Å². The number of hydrazine groups is 1. The van der Waals surface area contributed by atoms with Gasteiger partial charge in [-0.25, -0.2) is 10.6 Å². The van der Waals surface area contributed by atoms with Crippen molar-refractivity contribution in [2.45, 2.75) is 6.54 Å². The summed E-state index contributed by atoms with van der Waals surface area (Å²) in [7, 11) is 1.51. The first-order chi connectivity index (χ1) is 10.9. The summed E-state index contributed by atoms with van der Waals surface area (Å²) < 4.78 is 2.78. The highest BCUT2D eigenvalue weighted by molar-refractivity contribution is 6.35. The second-order valence-electron chi connectivity index (χ2n) is 4.89. The van der Waals surface area contributed by atoms with Gasteiger partial charge in [-0.05, 0) is 17.7 Å². The number of nitrogens with one attached hydrogen (secondary N) is 2. The summed E-state index contributed by atoms with van der Waals surface area (Å²) >= 11 is 12.1. The summed E-state index contributed by atoms with van der Waals surface area (Å²) in [6.07, 6.45) is 0. The highest BCUT2D eigenvalue weighted by Gasteiger charge is 2.17. The number of halogens is 2. The molecule has 1 aromatic carbocycles. The van der Waals surface area contributed by atoms with Crippen LogP contribution < -0.4 is 22.5 Å². The summed E-state index contributed by atoms with van der Waals surface area (Å²) in [6, 6.07) is 5.04. The number of aromatic amines is 1. The van der Waals surface area contributed by atoms with Crippen molar-refractivity contribution in [1.29, 1.82) is 0 Å². The summed E-state index contributed by atoms with van der Waals surface area (Å²) in [5.74, 6) is 5.72. The Labute approximate surface area is 139 Å². The minimum absolute atomic E-state index is 0.214. The van der Waals surface area contributed by atoms with Gasteiger partial charge in [0.15, 0.2) is 11.2 Å². The number of aromatic nitrogens is 4. The number of nitrogen functional groups attached to an aromatic ring is 1. The van der Waals surface area contributed by atoms with E-state index in [9.17, 15) is 9.59 Å². The Bertz CT molecular complexity index is 1020. The fourth-order valence-corrected chi connectivity index (χ4v) is 2.79. The third-order valence-electron chi connectivity index (χ3n) is 3.48. The number of hydrogen-bond donors (Lipinski definition) is 3. The fraction of sp³-hybridized carbons (Fsp3) is 0.154. The smallest absolute Gasteiger partial charge is 0.299 e. The van der Waals surface area contributed by atoms with Crippen LogP contribution in [-0.4, -0.2) is 19.1 Å². The van der Waals surface area contributed by atoms with Crippen molar-refractivity contribution >= 4 is 40.3 Å². The van der Waals surface area contributed by atoms with Gasteiger partial charge >= 0.3 is 5.69 Å². The van der Waals surface area contributed by atoms with E-state index in [1.54, 1.807) is 22.8 Å². The standard InChI is InChI=1S/C13H12Cl2N6O2/c1-20-10-9(11(22)18-13(20)23)21(12(17-10)19-16)5-6-2-3-7(14)4-8(6)15/h2-4H,5,16H2,1H3,(H,17,19)(H,18,22,23). The maximum Gasteiger partial charge on any atom is 0.329 e. The molecule has 3 aromatic rings. The first-order valence-electron chi connectivity index (χ1n) is 6.52. The molecule has 0 atom stereocenters. The third-order valence-corrected chi connectivity index (χ3v) is 4.07. The Morgan fingerprint density at radius 3 is 2.74 bits per heavy atom. The quantitative estimate of drug-likeness (QED) is 0.481. The van der Waals surface area contributed by atoms with Gasteiger partial charge in [0, 0.05) is 17.1 Å². The molecule has 120 valence electrons. The van der Waals surface area contributed by atoms with Crippen LogP contribution in [0.3, 0.4) is 0 Å². The number of hydrogen-bond acceptors (Lipinski definition) is 5. The molecule has 0 aliphatic heterocycles. The number of nitrogens with two attached hydrogens (primary N) is 1. The highest BCUT2D eigenvalue weighted by Crippen LogP contribution is 2.24. The number of anilines is 1. The molecule has 0 fully saturated rings. The Morgan fingerprint density at radius 1 is 1.35 bits per heavy atom. The van der Waals surface area contributed by atoms with Gasteiger partial charge in [-0.1, -0.05) is 29.3 Å². The lowest BCUT2D eigenvalue weighted by molar-refractivity contribution is 0.808. The van der Waals surface area contributed by atoms with Crippen molar-refractivity contribution in [3.05, 3.63) is 54.6 Å². The first-order valence-corrected chi connectivity index (χ1v) is 7.28. The van der Waals surface area contributed by atoms with E-state index < -0.39 is 11.2 Å². The minimum atomic E-state index is -0.555. The molecular weight excluding hydrogens is 343 g/mol. The number of aryl methyl sites for hydroxylation is 1. The van der Waals surface area contributed by atoms with Crippen LogP contribution in [0, 0.1) is 0 Å². The molecule has 4 N–H and O–H groups in total. The molecule has 0 saturated heterocycles. The molecule has 0 saturated carbocycles. The summed E-state index contributed by atoms with van der Waals surface area (Å²) in [5.41, 5.74) is 2.47. The number of H-pyrrole nitrogens is 1. The average Bonchev–Trinajstić information content (AvgIpc) is 2.87. The molecule has 3 rings (SSSR count). The van der Waals surface area contributed by atoms with E-state index in [2.05, 4.69) is 15.4 Å². The molecular formula is C13H12Cl2N6O2. The SMILES string of the molecule is Cn1c(=O)[nH]c(=O)c2c1nc(NN)n2Cc1ccc(Cl)cc1Cl. The Balaban J connectivity index is 2.26. The van der Waals surface area contributed by atoms with E-state index in [0.717, 1.165) is 5.56 Å². The number of benzene rings is 1. The maximum atomic E-state index is 12.2. The topological polar surface area (TPSA) is 111 Å². The molecule has 23 heavy (non-hydrogen) atoms. The predicted molar refractivity (Wildman–Crippen MR) is 89.0 cm³/mol. The predicted octanol–water partition coefficient (Wildman–Crippen LogP) is 1.06. The Hall–Kier alpha value is -2.29. The number of rotatable bonds is 3. The van der Waals surface area contributed by atoms with E-state index in [4.69, 9.17) is 29.0 Å². The zero-order valence-corrected chi connectivity index (χ0v) is 13.4. The molecule has 0 aliphatic rings. The highest BCUT2D eigenvalue weighted by atomic mass is 35.5. The van der Waals surface area contributed by atoms with Gasteiger partial charge in [0.25, 0.3) is 5.56 Å². The average molecular weight is 355 g/mol. The van der Waals surface area contributed by atoms with Gasteiger partial charge in [-0.2, -0.15) is 4.98 Å². The van der Waals surface area contributed by atoms with E-state index in [1.165, 1.54) is 11.6 Å². The summed E-state index contributed by atoms with van der Waals surface area (Å²) in [6.45, 7) is 0.229. The minimum Gasteiger partial charge on any atom is -0.299 e. The third kappa shape index (κ3) is 2.61. The molecule has 0 radical (unpaired) electrons. The maximum absolute atomic E-state index is 12.2. The molecule has 0 aliphatic carbocycles. The molecule has 0 spiro atoms. The van der Waals surface area contributed by atoms with Gasteiger partial charge < -0.3 is 0 Å². The Morgan fingerprint density at radius 2 is 2.09 bits per heavy atom. The number of imidazole rings is 1. The molecule has 0 unspecified atom stereocenters. The van der Waals surface area contributed by atoms with Crippen LogP contribution in [0.1, 0.15) is 5.56 Å². The largest absolute Gasteiger partial charge is 0.329 e. The van der Waals surface area contributed by atoms with Crippen LogP contribution in [-0.2, 0) is 13.6 Å². The lowest BCUT2D eigenvalue weighted by Crippen LogP contribution is -2.29. The van der Waals surface area contributed by atoms with Crippen molar-refractivity contribution < 1.29 is 0 Å². The Kier molecular flexibility index (Phi) is 3.88. The van der Waals surface area contributed by atoms with Crippen LogP contribution in [0.25, 0.3) is 11.2 Å².